The molecule has 6 heteroatoms. The molecule has 6 nitrogen and oxygen atoms in total. The van der Waals surface area contributed by atoms with Crippen molar-refractivity contribution in [3.63, 3.8) is 0 Å². The maximum Gasteiger partial charge on any atom is 0.339 e. The summed E-state index contributed by atoms with van der Waals surface area (Å²) in [5.41, 5.74) is 0.451. The van der Waals surface area contributed by atoms with Crippen LogP contribution in [0.25, 0.3) is 0 Å². The zero-order valence-electron chi connectivity index (χ0n) is 11.8. The third kappa shape index (κ3) is 3.91. The van der Waals surface area contributed by atoms with E-state index in [1.54, 1.807) is 19.1 Å². The Labute approximate surface area is 118 Å². The van der Waals surface area contributed by atoms with Crippen LogP contribution < -0.4 is 5.32 Å². The first-order valence-electron chi connectivity index (χ1n) is 6.78. The lowest BCUT2D eigenvalue weighted by Crippen LogP contribution is -2.28. The van der Waals surface area contributed by atoms with Crippen LogP contribution in [0.5, 0.6) is 0 Å². The van der Waals surface area contributed by atoms with E-state index in [9.17, 15) is 4.79 Å². The lowest BCUT2D eigenvalue weighted by molar-refractivity contribution is -0.144. The van der Waals surface area contributed by atoms with Gasteiger partial charge in [-0.15, -0.1) is 0 Å². The van der Waals surface area contributed by atoms with Crippen LogP contribution in [0, 0.1) is 0 Å². The molecule has 1 N–H and O–H groups in total. The molecule has 0 amide bonds. The van der Waals surface area contributed by atoms with Crippen LogP contribution in [0.15, 0.2) is 18.3 Å². The molecule has 0 unspecified atom stereocenters. The number of aromatic nitrogens is 1. The van der Waals surface area contributed by atoms with Crippen molar-refractivity contribution >= 4 is 11.8 Å². The molecule has 110 valence electrons. The number of nitrogens with zero attached hydrogens (tertiary/aromatic N) is 1. The monoisotopic (exact) mass is 280 g/mol. The van der Waals surface area contributed by atoms with Gasteiger partial charge in [0.15, 0.2) is 5.79 Å². The zero-order valence-corrected chi connectivity index (χ0v) is 11.8. The molecule has 0 saturated carbocycles. The van der Waals surface area contributed by atoms with E-state index in [4.69, 9.17) is 14.2 Å². The van der Waals surface area contributed by atoms with Gasteiger partial charge >= 0.3 is 5.97 Å². The summed E-state index contributed by atoms with van der Waals surface area (Å²) in [6.07, 6.45) is 2.24. The first-order chi connectivity index (χ1) is 9.63. The van der Waals surface area contributed by atoms with Crippen molar-refractivity contribution in [3.05, 3.63) is 23.9 Å². The number of hydrogen-bond donors (Lipinski definition) is 1. The van der Waals surface area contributed by atoms with Crippen molar-refractivity contribution in [1.29, 1.82) is 0 Å². The lowest BCUT2D eigenvalue weighted by Gasteiger charge is -2.22. The van der Waals surface area contributed by atoms with E-state index >= 15 is 0 Å². The van der Waals surface area contributed by atoms with Crippen LogP contribution >= 0.6 is 0 Å². The fourth-order valence-corrected chi connectivity index (χ4v) is 1.95. The minimum Gasteiger partial charge on any atom is -0.462 e. The molecule has 0 aliphatic carbocycles. The Hall–Kier alpha value is -1.66. The number of carbonyl (C=O) groups is 1. The molecule has 1 aliphatic heterocycles. The molecule has 0 aromatic carbocycles. The summed E-state index contributed by atoms with van der Waals surface area (Å²) in [6.45, 7) is 6.03. The largest absolute Gasteiger partial charge is 0.462 e. The van der Waals surface area contributed by atoms with Crippen molar-refractivity contribution in [2.45, 2.75) is 26.1 Å². The van der Waals surface area contributed by atoms with Gasteiger partial charge in [-0.1, -0.05) is 0 Å². The highest BCUT2D eigenvalue weighted by Crippen LogP contribution is 2.22. The van der Waals surface area contributed by atoms with Crippen LogP contribution in [0.3, 0.4) is 0 Å². The molecule has 0 radical (unpaired) electrons. The predicted octanol–water partition coefficient (Wildman–Crippen LogP) is 1.82. The van der Waals surface area contributed by atoms with Crippen LogP contribution in [-0.4, -0.2) is 43.1 Å². The highest BCUT2D eigenvalue weighted by molar-refractivity contribution is 5.89. The fraction of sp³-hybridized carbons (Fsp3) is 0.571. The average molecular weight is 280 g/mol. The Morgan fingerprint density at radius 1 is 1.45 bits per heavy atom. The number of hydrogen-bond acceptors (Lipinski definition) is 6. The molecule has 1 aromatic heterocycles. The number of ether oxygens (including phenoxy) is 3. The smallest absolute Gasteiger partial charge is 0.339 e. The number of rotatable bonds is 6. The molecule has 1 aromatic rings. The van der Waals surface area contributed by atoms with Crippen molar-refractivity contribution in [2.24, 2.45) is 0 Å². The molecule has 1 fully saturated rings. The Bertz CT molecular complexity index is 441. The molecule has 1 saturated heterocycles. The SMILES string of the molecule is CCOC(=O)c1ccc(NCCC2(C)OCCO2)nc1. The van der Waals surface area contributed by atoms with Gasteiger partial charge in [0.25, 0.3) is 0 Å². The number of anilines is 1. The zero-order chi connectivity index (χ0) is 14.4. The minimum atomic E-state index is -0.502. The van der Waals surface area contributed by atoms with Crippen LogP contribution in [0.4, 0.5) is 5.82 Å². The summed E-state index contributed by atoms with van der Waals surface area (Å²) < 4.78 is 15.9. The maximum atomic E-state index is 11.5. The summed E-state index contributed by atoms with van der Waals surface area (Å²) in [6, 6.07) is 3.45. The van der Waals surface area contributed by atoms with Crippen LogP contribution in [0.2, 0.25) is 0 Å². The van der Waals surface area contributed by atoms with Gasteiger partial charge in [0, 0.05) is 19.2 Å². The summed E-state index contributed by atoms with van der Waals surface area (Å²) >= 11 is 0. The van der Waals surface area contributed by atoms with Crippen molar-refractivity contribution in [1.82, 2.24) is 4.98 Å². The van der Waals surface area contributed by atoms with Crippen molar-refractivity contribution in [2.75, 3.05) is 31.7 Å². The van der Waals surface area contributed by atoms with Gasteiger partial charge < -0.3 is 19.5 Å². The topological polar surface area (TPSA) is 69.7 Å². The Morgan fingerprint density at radius 2 is 2.20 bits per heavy atom. The standard InChI is InChI=1S/C14H20N2O4/c1-3-18-13(17)11-4-5-12(16-10-11)15-7-6-14(2)19-8-9-20-14/h4-5,10H,3,6-9H2,1-2H3,(H,15,16). The number of pyridine rings is 1. The quantitative estimate of drug-likeness (QED) is 0.802. The first kappa shape index (κ1) is 14.7. The molecule has 1 aliphatic rings. The molecule has 20 heavy (non-hydrogen) atoms. The summed E-state index contributed by atoms with van der Waals surface area (Å²) in [4.78, 5) is 15.6. The number of carbonyl (C=O) groups excluding carboxylic acids is 1. The molecule has 0 bridgehead atoms. The molecule has 2 rings (SSSR count). The second kappa shape index (κ2) is 6.67. The lowest BCUT2D eigenvalue weighted by atomic mass is 10.2. The van der Waals surface area contributed by atoms with E-state index in [0.717, 1.165) is 6.42 Å². The second-order valence-electron chi connectivity index (χ2n) is 4.66. The van der Waals surface area contributed by atoms with Gasteiger partial charge in [0.2, 0.25) is 0 Å². The van der Waals surface area contributed by atoms with E-state index in [1.165, 1.54) is 6.20 Å². The van der Waals surface area contributed by atoms with Gasteiger partial charge in [-0.3, -0.25) is 0 Å². The van der Waals surface area contributed by atoms with Gasteiger partial charge in [-0.2, -0.15) is 0 Å². The van der Waals surface area contributed by atoms with E-state index < -0.39 is 5.79 Å². The first-order valence-corrected chi connectivity index (χ1v) is 6.78. The summed E-state index contributed by atoms with van der Waals surface area (Å²) in [7, 11) is 0. The van der Waals surface area contributed by atoms with E-state index in [-0.39, 0.29) is 5.97 Å². The Morgan fingerprint density at radius 3 is 2.80 bits per heavy atom. The van der Waals surface area contributed by atoms with E-state index in [1.807, 2.05) is 6.92 Å². The molecular weight excluding hydrogens is 260 g/mol. The highest BCUT2D eigenvalue weighted by atomic mass is 16.7. The van der Waals surface area contributed by atoms with E-state index in [2.05, 4.69) is 10.3 Å². The fourth-order valence-electron chi connectivity index (χ4n) is 1.95. The molecule has 2 heterocycles. The molecular formula is C14H20N2O4. The van der Waals surface area contributed by atoms with Crippen molar-refractivity contribution < 1.29 is 19.0 Å². The van der Waals surface area contributed by atoms with Gasteiger partial charge in [0.05, 0.1) is 25.4 Å². The molecule has 0 atom stereocenters. The van der Waals surface area contributed by atoms with Gasteiger partial charge in [-0.25, -0.2) is 9.78 Å². The third-order valence-electron chi connectivity index (χ3n) is 3.06. The maximum absolute atomic E-state index is 11.5. The number of esters is 1. The molecule has 0 spiro atoms. The normalized spacial score (nSPS) is 16.9. The number of nitrogens with one attached hydrogen (secondary N) is 1. The second-order valence-corrected chi connectivity index (χ2v) is 4.66. The summed E-state index contributed by atoms with van der Waals surface area (Å²) in [5.74, 6) is -0.149. The third-order valence-corrected chi connectivity index (χ3v) is 3.06. The van der Waals surface area contributed by atoms with Gasteiger partial charge in [-0.05, 0) is 26.0 Å². The van der Waals surface area contributed by atoms with E-state index in [0.29, 0.717) is 37.7 Å². The van der Waals surface area contributed by atoms with Crippen LogP contribution in [-0.2, 0) is 14.2 Å². The summed E-state index contributed by atoms with van der Waals surface area (Å²) in [5, 5.41) is 3.17. The Balaban J connectivity index is 1.80. The highest BCUT2D eigenvalue weighted by Gasteiger charge is 2.30. The van der Waals surface area contributed by atoms with Crippen molar-refractivity contribution in [3.8, 4) is 0 Å². The van der Waals surface area contributed by atoms with Crippen LogP contribution in [0.1, 0.15) is 30.6 Å². The Kier molecular flexibility index (Phi) is 4.92. The van der Waals surface area contributed by atoms with Gasteiger partial charge in [0.1, 0.15) is 5.82 Å². The minimum absolute atomic E-state index is 0.355. The average Bonchev–Trinajstić information content (AvgIpc) is 2.87. The predicted molar refractivity (Wildman–Crippen MR) is 73.6 cm³/mol.